The Bertz CT molecular complexity index is 837. The molecule has 2 aromatic rings. The number of aryl methyl sites for hydroxylation is 1. The van der Waals surface area contributed by atoms with Gasteiger partial charge in [-0.1, -0.05) is 35.9 Å². The molecule has 0 bridgehead atoms. The number of aromatic nitrogens is 2. The number of hydrogen-bond donors (Lipinski definition) is 5. The van der Waals surface area contributed by atoms with Crippen LogP contribution in [0.2, 0.25) is 5.15 Å². The zero-order chi connectivity index (χ0) is 21.4. The van der Waals surface area contributed by atoms with E-state index in [0.29, 0.717) is 24.3 Å². The van der Waals surface area contributed by atoms with Crippen LogP contribution < -0.4 is 16.8 Å². The number of nitrogens with two attached hydrogens (primary N) is 2. The minimum atomic E-state index is -1.06. The lowest BCUT2D eigenvalue weighted by Crippen LogP contribution is -2.36. The molecule has 0 spiro atoms. The summed E-state index contributed by atoms with van der Waals surface area (Å²) in [4.78, 5) is 29.7. The average molecular weight is 422 g/mol. The van der Waals surface area contributed by atoms with Gasteiger partial charge in [0.25, 0.3) is 0 Å². The van der Waals surface area contributed by atoms with E-state index in [4.69, 9.17) is 33.3 Å². The number of halogens is 1. The molecule has 0 aliphatic carbocycles. The quantitative estimate of drug-likeness (QED) is 0.340. The van der Waals surface area contributed by atoms with Gasteiger partial charge in [0.15, 0.2) is 0 Å². The van der Waals surface area contributed by atoms with Crippen LogP contribution in [0.4, 0.5) is 11.8 Å². The summed E-state index contributed by atoms with van der Waals surface area (Å²) in [6.45, 7) is 0.339. The van der Waals surface area contributed by atoms with Crippen molar-refractivity contribution in [3.63, 3.8) is 0 Å². The fourth-order valence-corrected chi connectivity index (χ4v) is 3.11. The summed E-state index contributed by atoms with van der Waals surface area (Å²) in [6.07, 6.45) is 2.05. The molecule has 0 fully saturated rings. The van der Waals surface area contributed by atoms with E-state index in [1.54, 1.807) is 0 Å². The van der Waals surface area contributed by atoms with Gasteiger partial charge in [0.05, 0.1) is 0 Å². The number of nitrogens with one attached hydrogen (secondary N) is 1. The predicted octanol–water partition coefficient (Wildman–Crippen LogP) is 1.88. The summed E-state index contributed by atoms with van der Waals surface area (Å²) < 4.78 is 0. The Hall–Kier alpha value is -2.91. The third kappa shape index (κ3) is 7.20. The molecule has 0 aliphatic heterocycles. The van der Waals surface area contributed by atoms with Crippen LogP contribution >= 0.6 is 11.6 Å². The fraction of sp³-hybridized carbons (Fsp3) is 0.368. The molecule has 7 N–H and O–H groups in total. The molecule has 1 aromatic carbocycles. The summed E-state index contributed by atoms with van der Waals surface area (Å²) in [5, 5.41) is 21.0. The van der Waals surface area contributed by atoms with Crippen LogP contribution in [0.15, 0.2) is 24.3 Å². The number of carbonyl (C=O) groups is 2. The normalized spacial score (nSPS) is 11.9. The lowest BCUT2D eigenvalue weighted by atomic mass is 10.0. The number of nitrogens with zero attached hydrogens (tertiary/aromatic N) is 2. The molecular formula is C19H24ClN5O4. The van der Waals surface area contributed by atoms with Gasteiger partial charge in [-0.3, -0.25) is 9.59 Å². The smallest absolute Gasteiger partial charge is 0.320 e. The number of carboxylic acid groups (broad SMARTS) is 2. The van der Waals surface area contributed by atoms with Gasteiger partial charge in [-0.15, -0.1) is 0 Å². The summed E-state index contributed by atoms with van der Waals surface area (Å²) >= 11 is 6.07. The van der Waals surface area contributed by atoms with Gasteiger partial charge >= 0.3 is 11.9 Å². The molecule has 0 saturated carbocycles. The first kappa shape index (κ1) is 22.4. The van der Waals surface area contributed by atoms with Gasteiger partial charge in [0.2, 0.25) is 5.95 Å². The Kier molecular flexibility index (Phi) is 8.17. The number of nitrogen functional groups attached to an aromatic ring is 2. The second-order valence-corrected chi connectivity index (χ2v) is 6.97. The zero-order valence-electron chi connectivity index (χ0n) is 15.8. The number of benzene rings is 1. The molecule has 1 aromatic heterocycles. The molecule has 1 atom stereocenters. The largest absolute Gasteiger partial charge is 0.481 e. The summed E-state index contributed by atoms with van der Waals surface area (Å²) in [5.41, 5.74) is 14.0. The fourth-order valence-electron chi connectivity index (χ4n) is 2.84. The molecule has 2 rings (SSSR count). The van der Waals surface area contributed by atoms with Crippen molar-refractivity contribution in [2.24, 2.45) is 0 Å². The first-order valence-corrected chi connectivity index (χ1v) is 9.47. The lowest BCUT2D eigenvalue weighted by Gasteiger charge is -2.13. The SMILES string of the molecule is Nc1nc(N)c(CCCc2ccc(CN[C@@H](CCC(=O)O)C(=O)O)cc2)c(Cl)n1. The van der Waals surface area contributed by atoms with E-state index >= 15 is 0 Å². The van der Waals surface area contributed by atoms with Crippen LogP contribution in [0.25, 0.3) is 0 Å². The highest BCUT2D eigenvalue weighted by Gasteiger charge is 2.17. The molecule has 0 unspecified atom stereocenters. The maximum absolute atomic E-state index is 11.2. The van der Waals surface area contributed by atoms with Gasteiger partial charge in [0, 0.05) is 18.5 Å². The number of hydrogen-bond acceptors (Lipinski definition) is 7. The average Bonchev–Trinajstić information content (AvgIpc) is 2.64. The minimum Gasteiger partial charge on any atom is -0.481 e. The van der Waals surface area contributed by atoms with Crippen LogP contribution in [0.5, 0.6) is 0 Å². The molecule has 0 saturated heterocycles. The van der Waals surface area contributed by atoms with Crippen LogP contribution in [0.1, 0.15) is 36.0 Å². The third-order valence-corrected chi connectivity index (χ3v) is 4.73. The first-order chi connectivity index (χ1) is 13.8. The van der Waals surface area contributed by atoms with E-state index in [1.807, 2.05) is 24.3 Å². The Morgan fingerprint density at radius 1 is 1.07 bits per heavy atom. The van der Waals surface area contributed by atoms with E-state index in [-0.39, 0.29) is 23.9 Å². The molecule has 0 radical (unpaired) electrons. The van der Waals surface area contributed by atoms with Gasteiger partial charge < -0.3 is 27.0 Å². The van der Waals surface area contributed by atoms with E-state index in [2.05, 4.69) is 15.3 Å². The van der Waals surface area contributed by atoms with Gasteiger partial charge in [0.1, 0.15) is 17.0 Å². The number of rotatable bonds is 11. The molecule has 156 valence electrons. The van der Waals surface area contributed by atoms with Crippen molar-refractivity contribution in [2.75, 3.05) is 11.5 Å². The van der Waals surface area contributed by atoms with Crippen LogP contribution in [-0.4, -0.2) is 38.2 Å². The highest BCUT2D eigenvalue weighted by Crippen LogP contribution is 2.22. The monoisotopic (exact) mass is 421 g/mol. The summed E-state index contributed by atoms with van der Waals surface area (Å²) in [7, 11) is 0. The van der Waals surface area contributed by atoms with Crippen molar-refractivity contribution in [3.8, 4) is 0 Å². The Morgan fingerprint density at radius 3 is 2.31 bits per heavy atom. The molecule has 9 nitrogen and oxygen atoms in total. The third-order valence-electron chi connectivity index (χ3n) is 4.42. The van der Waals surface area contributed by atoms with Crippen LogP contribution in [0.3, 0.4) is 0 Å². The number of carboxylic acids is 2. The maximum atomic E-state index is 11.2. The van der Waals surface area contributed by atoms with Gasteiger partial charge in [-0.25, -0.2) is 4.98 Å². The Labute approximate surface area is 173 Å². The van der Waals surface area contributed by atoms with Crippen LogP contribution in [0, 0.1) is 0 Å². The highest BCUT2D eigenvalue weighted by atomic mass is 35.5. The lowest BCUT2D eigenvalue weighted by molar-refractivity contribution is -0.140. The summed E-state index contributed by atoms with van der Waals surface area (Å²) in [5.74, 6) is -1.74. The van der Waals surface area contributed by atoms with Gasteiger partial charge in [-0.2, -0.15) is 4.98 Å². The van der Waals surface area contributed by atoms with E-state index in [0.717, 1.165) is 24.0 Å². The van der Waals surface area contributed by atoms with E-state index in [1.165, 1.54) is 0 Å². The van der Waals surface area contributed by atoms with E-state index in [9.17, 15) is 9.59 Å². The van der Waals surface area contributed by atoms with Crippen molar-refractivity contribution in [1.29, 1.82) is 0 Å². The number of aliphatic carboxylic acids is 2. The second kappa shape index (κ2) is 10.6. The van der Waals surface area contributed by atoms with E-state index < -0.39 is 18.0 Å². The summed E-state index contributed by atoms with van der Waals surface area (Å²) in [6, 6.07) is 6.85. The predicted molar refractivity (Wildman–Crippen MR) is 109 cm³/mol. The molecule has 0 aliphatic rings. The topological polar surface area (TPSA) is 164 Å². The maximum Gasteiger partial charge on any atom is 0.320 e. The molecule has 29 heavy (non-hydrogen) atoms. The zero-order valence-corrected chi connectivity index (χ0v) is 16.5. The minimum absolute atomic E-state index is 0.0310. The van der Waals surface area contributed by atoms with Crippen molar-refractivity contribution >= 4 is 35.3 Å². The highest BCUT2D eigenvalue weighted by molar-refractivity contribution is 6.30. The number of anilines is 2. The van der Waals surface area contributed by atoms with Crippen molar-refractivity contribution in [3.05, 3.63) is 46.1 Å². The standard InChI is InChI=1S/C19H24ClN5O4/c20-16-13(17(21)25-19(22)24-16)3-1-2-11-4-6-12(7-5-11)10-23-14(18(28)29)8-9-15(26)27/h4-7,14,23H,1-3,8-10H2,(H,26,27)(H,28,29)(H4,21,22,24,25)/t14-/m0/s1. The van der Waals surface area contributed by atoms with Crippen molar-refractivity contribution in [2.45, 2.75) is 44.7 Å². The molecular weight excluding hydrogens is 398 g/mol. The van der Waals surface area contributed by atoms with Crippen molar-refractivity contribution in [1.82, 2.24) is 15.3 Å². The van der Waals surface area contributed by atoms with Crippen LogP contribution in [-0.2, 0) is 29.0 Å². The van der Waals surface area contributed by atoms with Crippen molar-refractivity contribution < 1.29 is 19.8 Å². The molecule has 0 amide bonds. The second-order valence-electron chi connectivity index (χ2n) is 6.61. The molecule has 10 heteroatoms. The first-order valence-electron chi connectivity index (χ1n) is 9.09. The Morgan fingerprint density at radius 2 is 1.72 bits per heavy atom. The molecule has 1 heterocycles. The van der Waals surface area contributed by atoms with Gasteiger partial charge in [-0.05, 0) is 36.8 Å². The Balaban J connectivity index is 1.84.